The van der Waals surface area contributed by atoms with E-state index in [-0.39, 0.29) is 6.15 Å². The molecule has 0 aliphatic heterocycles. The highest BCUT2D eigenvalue weighted by Crippen LogP contribution is 2.41. The summed E-state index contributed by atoms with van der Waals surface area (Å²) in [6.45, 7) is 2.54. The largest absolute Gasteiger partial charge is 0.471 e. The van der Waals surface area contributed by atoms with Crippen LogP contribution in [-0.2, 0) is 13.6 Å². The third kappa shape index (κ3) is 16.0. The normalized spacial score (nSPS) is 13.8. The topological polar surface area (TPSA) is 90.8 Å². The van der Waals surface area contributed by atoms with Crippen LogP contribution in [-0.4, -0.2) is 18.6 Å². The van der Waals surface area contributed by atoms with Crippen LogP contribution < -0.4 is 6.15 Å². The van der Waals surface area contributed by atoms with Crippen molar-refractivity contribution in [2.24, 2.45) is 0 Å². The minimum Gasteiger partial charge on any atom is -0.344 e. The van der Waals surface area contributed by atoms with Crippen LogP contribution in [0.25, 0.3) is 0 Å². The van der Waals surface area contributed by atoms with E-state index in [4.69, 9.17) is 9.42 Å². The zero-order valence-corrected chi connectivity index (χ0v) is 13.5. The molecule has 0 aromatic rings. The third-order valence-electron chi connectivity index (χ3n) is 2.98. The van der Waals surface area contributed by atoms with Crippen LogP contribution in [0.15, 0.2) is 0 Å². The summed E-state index contributed by atoms with van der Waals surface area (Å²) in [6, 6.07) is 0. The van der Waals surface area contributed by atoms with E-state index in [0.29, 0.717) is 6.61 Å². The second-order valence-electron chi connectivity index (χ2n) is 4.67. The summed E-state index contributed by atoms with van der Waals surface area (Å²) in [5, 5.41) is 0. The van der Waals surface area contributed by atoms with Crippen molar-refractivity contribution in [3.63, 3.8) is 0 Å². The molecule has 0 rings (SSSR count). The fourth-order valence-corrected chi connectivity index (χ4v) is 2.29. The van der Waals surface area contributed by atoms with E-state index in [1.807, 2.05) is 0 Å². The van der Waals surface area contributed by atoms with Crippen molar-refractivity contribution < 1.29 is 18.5 Å². The molecule has 5 nitrogen and oxygen atoms in total. The van der Waals surface area contributed by atoms with Crippen LogP contribution in [0.4, 0.5) is 0 Å². The number of hydrogen-bond donors (Lipinski definition) is 2. The molecule has 0 saturated carbocycles. The van der Waals surface area contributed by atoms with Crippen molar-refractivity contribution in [3.8, 4) is 0 Å². The Bertz CT molecular complexity index is 227. The van der Waals surface area contributed by atoms with E-state index in [0.717, 1.165) is 12.8 Å². The Morgan fingerprint density at radius 2 is 1.32 bits per heavy atom. The molecule has 0 amide bonds. The van der Waals surface area contributed by atoms with E-state index in [1.54, 1.807) is 0 Å². The molecule has 0 saturated heterocycles. The minimum absolute atomic E-state index is 0. The molecular formula is C13H32NO4P. The Morgan fingerprint density at radius 3 is 1.74 bits per heavy atom. The molecule has 0 aliphatic carbocycles. The van der Waals surface area contributed by atoms with Gasteiger partial charge >= 0.3 is 7.82 Å². The van der Waals surface area contributed by atoms with E-state index >= 15 is 0 Å². The first-order valence-electron chi connectivity index (χ1n) is 7.15. The molecule has 0 radical (unpaired) electrons. The lowest BCUT2D eigenvalue weighted by Gasteiger charge is -2.08. The summed E-state index contributed by atoms with van der Waals surface area (Å²) in [5.41, 5.74) is 0. The Hall–Kier alpha value is 0.0700. The summed E-state index contributed by atoms with van der Waals surface area (Å²) in [7, 11) is -2.57. The van der Waals surface area contributed by atoms with Crippen LogP contribution in [0.3, 0.4) is 0 Å². The third-order valence-corrected chi connectivity index (χ3v) is 3.95. The fourth-order valence-electron chi connectivity index (χ4n) is 1.82. The van der Waals surface area contributed by atoms with Gasteiger partial charge in [-0.05, 0) is 6.42 Å². The molecule has 0 spiro atoms. The molecule has 0 aromatic heterocycles. The zero-order chi connectivity index (χ0) is 13.7. The van der Waals surface area contributed by atoms with E-state index in [9.17, 15) is 4.57 Å². The molecule has 1 atom stereocenters. The molecule has 4 N–H and O–H groups in total. The van der Waals surface area contributed by atoms with Gasteiger partial charge < -0.3 is 11.0 Å². The quantitative estimate of drug-likeness (QED) is 0.375. The van der Waals surface area contributed by atoms with Crippen LogP contribution >= 0.6 is 7.82 Å². The first-order valence-corrected chi connectivity index (χ1v) is 8.65. The highest BCUT2D eigenvalue weighted by Gasteiger charge is 2.17. The van der Waals surface area contributed by atoms with E-state index in [2.05, 4.69) is 11.4 Å². The van der Waals surface area contributed by atoms with E-state index < -0.39 is 7.82 Å². The Labute approximate surface area is 118 Å². The van der Waals surface area contributed by atoms with Crippen molar-refractivity contribution in [1.82, 2.24) is 6.15 Å². The smallest absolute Gasteiger partial charge is 0.344 e. The van der Waals surface area contributed by atoms with Crippen LogP contribution in [0.5, 0.6) is 0 Å². The first-order chi connectivity index (χ1) is 8.62. The SMILES string of the molecule is CCCCCCCCCCCCOP(=O)(O)OC.N. The summed E-state index contributed by atoms with van der Waals surface area (Å²) in [4.78, 5) is 8.98. The van der Waals surface area contributed by atoms with Crippen LogP contribution in [0, 0.1) is 0 Å². The Kier molecular flexibility index (Phi) is 16.3. The zero-order valence-electron chi connectivity index (χ0n) is 12.6. The summed E-state index contributed by atoms with van der Waals surface area (Å²) in [5.74, 6) is 0. The summed E-state index contributed by atoms with van der Waals surface area (Å²) in [6.07, 6.45) is 12.3. The van der Waals surface area contributed by atoms with Gasteiger partial charge in [-0.15, -0.1) is 0 Å². The van der Waals surface area contributed by atoms with Crippen molar-refractivity contribution in [2.75, 3.05) is 13.7 Å². The predicted molar refractivity (Wildman–Crippen MR) is 79.7 cm³/mol. The number of rotatable bonds is 13. The molecule has 0 aliphatic rings. The second-order valence-corrected chi connectivity index (χ2v) is 6.23. The van der Waals surface area contributed by atoms with Gasteiger partial charge in [-0.1, -0.05) is 64.7 Å². The van der Waals surface area contributed by atoms with Crippen LogP contribution in [0.2, 0.25) is 0 Å². The lowest BCUT2D eigenvalue weighted by molar-refractivity contribution is 0.170. The molecule has 0 heterocycles. The Balaban J connectivity index is 0. The van der Waals surface area contributed by atoms with Crippen molar-refractivity contribution >= 4 is 7.82 Å². The van der Waals surface area contributed by atoms with Gasteiger partial charge in [0.1, 0.15) is 0 Å². The monoisotopic (exact) mass is 297 g/mol. The standard InChI is InChI=1S/C13H29O4P.H3N/c1-3-4-5-6-7-8-9-10-11-12-13-17-18(14,15)16-2;/h3-13H2,1-2H3,(H,14,15);1H3. The highest BCUT2D eigenvalue weighted by molar-refractivity contribution is 7.47. The maximum atomic E-state index is 11.0. The van der Waals surface area contributed by atoms with Crippen molar-refractivity contribution in [1.29, 1.82) is 0 Å². The summed E-state index contributed by atoms with van der Waals surface area (Å²) >= 11 is 0. The maximum absolute atomic E-state index is 11.0. The number of phosphoric acid groups is 1. The average Bonchev–Trinajstić information content (AvgIpc) is 2.36. The maximum Gasteiger partial charge on any atom is 0.471 e. The second kappa shape index (κ2) is 14.5. The molecule has 19 heavy (non-hydrogen) atoms. The van der Waals surface area contributed by atoms with Gasteiger partial charge in [0, 0.05) is 7.11 Å². The van der Waals surface area contributed by atoms with Crippen LogP contribution in [0.1, 0.15) is 71.1 Å². The number of phosphoric ester groups is 1. The predicted octanol–water partition coefficient (Wildman–Crippen LogP) is 4.83. The molecule has 6 heteroatoms. The molecule has 1 unspecified atom stereocenters. The highest BCUT2D eigenvalue weighted by atomic mass is 31.2. The molecule has 0 aromatic carbocycles. The average molecular weight is 297 g/mol. The van der Waals surface area contributed by atoms with Gasteiger partial charge in [0.25, 0.3) is 0 Å². The van der Waals surface area contributed by atoms with Gasteiger partial charge in [0.2, 0.25) is 0 Å². The lowest BCUT2D eigenvalue weighted by atomic mass is 10.1. The molecule has 0 fully saturated rings. The number of hydrogen-bond acceptors (Lipinski definition) is 4. The van der Waals surface area contributed by atoms with Gasteiger partial charge in [-0.3, -0.25) is 9.05 Å². The molecular weight excluding hydrogens is 265 g/mol. The van der Waals surface area contributed by atoms with Gasteiger partial charge in [-0.25, -0.2) is 4.57 Å². The summed E-state index contributed by atoms with van der Waals surface area (Å²) < 4.78 is 20.0. The van der Waals surface area contributed by atoms with Crippen molar-refractivity contribution in [3.05, 3.63) is 0 Å². The molecule has 0 bridgehead atoms. The lowest BCUT2D eigenvalue weighted by Crippen LogP contribution is -1.94. The van der Waals surface area contributed by atoms with Gasteiger partial charge in [-0.2, -0.15) is 0 Å². The number of unbranched alkanes of at least 4 members (excludes halogenated alkanes) is 9. The van der Waals surface area contributed by atoms with E-state index in [1.165, 1.54) is 58.5 Å². The fraction of sp³-hybridized carbons (Fsp3) is 1.00. The van der Waals surface area contributed by atoms with Gasteiger partial charge in [0.05, 0.1) is 6.61 Å². The Morgan fingerprint density at radius 1 is 0.895 bits per heavy atom. The first kappa shape index (κ1) is 21.4. The molecule has 118 valence electrons. The van der Waals surface area contributed by atoms with Crippen molar-refractivity contribution in [2.45, 2.75) is 71.1 Å². The van der Waals surface area contributed by atoms with Gasteiger partial charge in [0.15, 0.2) is 0 Å². The minimum atomic E-state index is -3.75.